The van der Waals surface area contributed by atoms with Crippen LogP contribution in [-0.2, 0) is 6.54 Å². The molecule has 1 aromatic carbocycles. The number of benzene rings is 1. The van der Waals surface area contributed by atoms with Crippen molar-refractivity contribution in [3.05, 3.63) is 35.4 Å². The summed E-state index contributed by atoms with van der Waals surface area (Å²) in [6.07, 6.45) is 1.65. The molecule has 110 valence electrons. The van der Waals surface area contributed by atoms with E-state index < -0.39 is 5.60 Å². The average Bonchev–Trinajstić information content (AvgIpc) is 2.45. The highest BCUT2D eigenvalue weighted by molar-refractivity contribution is 5.73. The van der Waals surface area contributed by atoms with Crippen LogP contribution in [0.15, 0.2) is 24.3 Å². The molecule has 1 saturated heterocycles. The molecule has 1 heterocycles. The van der Waals surface area contributed by atoms with Crippen molar-refractivity contribution in [3.63, 3.8) is 0 Å². The number of aliphatic hydroxyl groups is 1. The Bertz CT molecular complexity index is 439. The lowest BCUT2D eigenvalue weighted by Gasteiger charge is -2.32. The van der Waals surface area contributed by atoms with Gasteiger partial charge in [-0.1, -0.05) is 29.8 Å². The Labute approximate surface area is 119 Å². The fraction of sp³-hybridized carbons (Fsp3) is 0.533. The topological polar surface area (TPSA) is 73.4 Å². The minimum absolute atomic E-state index is 0.246. The molecule has 1 atom stereocenters. The van der Waals surface area contributed by atoms with Crippen LogP contribution in [0.4, 0.5) is 4.79 Å². The molecule has 1 aliphatic rings. The van der Waals surface area contributed by atoms with E-state index in [1.807, 2.05) is 31.2 Å². The third-order valence-electron chi connectivity index (χ3n) is 3.60. The molecule has 1 fully saturated rings. The largest absolute Gasteiger partial charge is 0.387 e. The summed E-state index contributed by atoms with van der Waals surface area (Å²) in [6.45, 7) is 4.26. The standard InChI is InChI=1S/C15H23N3O2/c1-12-3-5-13(6-4-12)9-17-14(19)18-11-15(20)7-2-8-16-10-15/h3-6,16,20H,2,7-11H2,1H3,(H2,17,18,19)/t15-/m0/s1. The summed E-state index contributed by atoms with van der Waals surface area (Å²) in [5, 5.41) is 18.9. The lowest BCUT2D eigenvalue weighted by Crippen LogP contribution is -2.54. The lowest BCUT2D eigenvalue weighted by atomic mass is 9.94. The molecule has 0 spiro atoms. The van der Waals surface area contributed by atoms with E-state index in [1.165, 1.54) is 5.56 Å². The van der Waals surface area contributed by atoms with Gasteiger partial charge in [-0.05, 0) is 31.9 Å². The number of rotatable bonds is 4. The molecule has 5 heteroatoms. The molecular formula is C15H23N3O2. The molecule has 1 aliphatic heterocycles. The molecule has 4 N–H and O–H groups in total. The van der Waals surface area contributed by atoms with Gasteiger partial charge in [0.15, 0.2) is 0 Å². The summed E-state index contributed by atoms with van der Waals surface area (Å²) in [7, 11) is 0. The fourth-order valence-corrected chi connectivity index (χ4v) is 2.30. The van der Waals surface area contributed by atoms with Gasteiger partial charge in [-0.15, -0.1) is 0 Å². The van der Waals surface area contributed by atoms with Gasteiger partial charge in [-0.3, -0.25) is 0 Å². The third kappa shape index (κ3) is 4.51. The summed E-state index contributed by atoms with van der Waals surface area (Å²) in [5.74, 6) is 0. The number of hydrogen-bond acceptors (Lipinski definition) is 3. The predicted octanol–water partition coefficient (Wildman–Crippen LogP) is 0.909. The first-order valence-corrected chi connectivity index (χ1v) is 7.08. The molecule has 20 heavy (non-hydrogen) atoms. The van der Waals surface area contributed by atoms with Crippen molar-refractivity contribution in [1.82, 2.24) is 16.0 Å². The second-order valence-electron chi connectivity index (χ2n) is 5.53. The number of aryl methyl sites for hydroxylation is 1. The van der Waals surface area contributed by atoms with Crippen molar-refractivity contribution in [3.8, 4) is 0 Å². The summed E-state index contributed by atoms with van der Waals surface area (Å²) < 4.78 is 0. The van der Waals surface area contributed by atoms with Crippen LogP contribution in [0.5, 0.6) is 0 Å². The third-order valence-corrected chi connectivity index (χ3v) is 3.60. The molecule has 5 nitrogen and oxygen atoms in total. The monoisotopic (exact) mass is 277 g/mol. The van der Waals surface area contributed by atoms with E-state index in [9.17, 15) is 9.90 Å². The molecule has 0 bridgehead atoms. The Hall–Kier alpha value is -1.59. The number of nitrogens with one attached hydrogen (secondary N) is 3. The molecule has 0 aromatic heterocycles. The number of piperidine rings is 1. The van der Waals surface area contributed by atoms with Gasteiger partial charge in [0, 0.05) is 19.6 Å². The normalized spacial score (nSPS) is 22.3. The van der Waals surface area contributed by atoms with Crippen molar-refractivity contribution < 1.29 is 9.90 Å². The molecular weight excluding hydrogens is 254 g/mol. The Morgan fingerprint density at radius 1 is 1.35 bits per heavy atom. The first-order chi connectivity index (χ1) is 9.57. The predicted molar refractivity (Wildman–Crippen MR) is 78.5 cm³/mol. The SMILES string of the molecule is Cc1ccc(CNC(=O)NC[C@]2(O)CCCNC2)cc1. The fourth-order valence-electron chi connectivity index (χ4n) is 2.30. The van der Waals surface area contributed by atoms with Crippen molar-refractivity contribution in [2.45, 2.75) is 31.9 Å². The minimum atomic E-state index is -0.820. The van der Waals surface area contributed by atoms with E-state index in [2.05, 4.69) is 16.0 Å². The van der Waals surface area contributed by atoms with E-state index in [0.717, 1.165) is 24.9 Å². The van der Waals surface area contributed by atoms with Gasteiger partial charge in [0.25, 0.3) is 0 Å². The van der Waals surface area contributed by atoms with Gasteiger partial charge in [-0.25, -0.2) is 4.79 Å². The van der Waals surface area contributed by atoms with Crippen LogP contribution in [0.3, 0.4) is 0 Å². The Balaban J connectivity index is 1.71. The zero-order valence-electron chi connectivity index (χ0n) is 11.9. The molecule has 2 amide bonds. The van der Waals surface area contributed by atoms with E-state index >= 15 is 0 Å². The van der Waals surface area contributed by atoms with Gasteiger partial charge in [0.2, 0.25) is 0 Å². The van der Waals surface area contributed by atoms with Crippen LogP contribution >= 0.6 is 0 Å². The summed E-state index contributed by atoms with van der Waals surface area (Å²) >= 11 is 0. The number of urea groups is 1. The van der Waals surface area contributed by atoms with Crippen LogP contribution in [0, 0.1) is 6.92 Å². The highest BCUT2D eigenvalue weighted by Gasteiger charge is 2.29. The molecule has 0 saturated carbocycles. The van der Waals surface area contributed by atoms with Gasteiger partial charge < -0.3 is 21.1 Å². The molecule has 0 aliphatic carbocycles. The van der Waals surface area contributed by atoms with Crippen LogP contribution in [0.1, 0.15) is 24.0 Å². The van der Waals surface area contributed by atoms with Gasteiger partial charge >= 0.3 is 6.03 Å². The molecule has 1 aromatic rings. The average molecular weight is 277 g/mol. The summed E-state index contributed by atoms with van der Waals surface area (Å²) in [4.78, 5) is 11.7. The number of amides is 2. The Kier molecular flexibility index (Phi) is 4.98. The first kappa shape index (κ1) is 14.8. The van der Waals surface area contributed by atoms with E-state index in [1.54, 1.807) is 0 Å². The van der Waals surface area contributed by atoms with E-state index in [-0.39, 0.29) is 12.6 Å². The number of carbonyl (C=O) groups is 1. The van der Waals surface area contributed by atoms with Crippen molar-refractivity contribution in [2.75, 3.05) is 19.6 Å². The van der Waals surface area contributed by atoms with Crippen molar-refractivity contribution in [2.24, 2.45) is 0 Å². The van der Waals surface area contributed by atoms with Gasteiger partial charge in [0.1, 0.15) is 0 Å². The second kappa shape index (κ2) is 6.72. The lowest BCUT2D eigenvalue weighted by molar-refractivity contribution is 0.0194. The molecule has 0 unspecified atom stereocenters. The smallest absolute Gasteiger partial charge is 0.315 e. The maximum atomic E-state index is 11.7. The van der Waals surface area contributed by atoms with Gasteiger partial charge in [0.05, 0.1) is 5.60 Å². The maximum Gasteiger partial charge on any atom is 0.315 e. The summed E-state index contributed by atoms with van der Waals surface area (Å²) in [5.41, 5.74) is 1.44. The maximum absolute atomic E-state index is 11.7. The minimum Gasteiger partial charge on any atom is -0.387 e. The van der Waals surface area contributed by atoms with Crippen molar-refractivity contribution in [1.29, 1.82) is 0 Å². The van der Waals surface area contributed by atoms with Crippen molar-refractivity contribution >= 4 is 6.03 Å². The molecule has 2 rings (SSSR count). The van der Waals surface area contributed by atoms with Crippen LogP contribution in [0.25, 0.3) is 0 Å². The van der Waals surface area contributed by atoms with Crippen LogP contribution < -0.4 is 16.0 Å². The number of hydrogen-bond donors (Lipinski definition) is 4. The second-order valence-corrected chi connectivity index (χ2v) is 5.53. The highest BCUT2D eigenvalue weighted by atomic mass is 16.3. The number of carbonyl (C=O) groups excluding carboxylic acids is 1. The van der Waals surface area contributed by atoms with Gasteiger partial charge in [-0.2, -0.15) is 0 Å². The zero-order chi connectivity index (χ0) is 14.4. The Morgan fingerprint density at radius 2 is 2.10 bits per heavy atom. The van der Waals surface area contributed by atoms with E-state index in [0.29, 0.717) is 13.1 Å². The number of β-amino-alcohol motifs (C(OH)–C–C–N with tert-alkyl or cyclic N) is 1. The summed E-state index contributed by atoms with van der Waals surface area (Å²) in [6, 6.07) is 7.78. The van der Waals surface area contributed by atoms with Crippen LogP contribution in [-0.4, -0.2) is 36.4 Å². The van der Waals surface area contributed by atoms with E-state index in [4.69, 9.17) is 0 Å². The zero-order valence-corrected chi connectivity index (χ0v) is 11.9. The quantitative estimate of drug-likeness (QED) is 0.661. The van der Waals surface area contributed by atoms with Crippen LogP contribution in [0.2, 0.25) is 0 Å². The molecule has 0 radical (unpaired) electrons. The first-order valence-electron chi connectivity index (χ1n) is 7.08. The Morgan fingerprint density at radius 3 is 2.75 bits per heavy atom. The highest BCUT2D eigenvalue weighted by Crippen LogP contribution is 2.14.